The van der Waals surface area contributed by atoms with E-state index in [-0.39, 0.29) is 5.91 Å². The first-order valence-electron chi connectivity index (χ1n) is 6.13. The molecule has 19 heavy (non-hydrogen) atoms. The Kier molecular flexibility index (Phi) is 3.85. The van der Waals surface area contributed by atoms with Crippen LogP contribution in [0.5, 0.6) is 5.75 Å². The van der Waals surface area contributed by atoms with Gasteiger partial charge in [0, 0.05) is 18.2 Å². The van der Waals surface area contributed by atoms with Gasteiger partial charge in [-0.25, -0.2) is 0 Å². The highest BCUT2D eigenvalue weighted by molar-refractivity contribution is 5.94. The first-order chi connectivity index (χ1) is 9.10. The van der Waals surface area contributed by atoms with Crippen molar-refractivity contribution < 1.29 is 9.53 Å². The fourth-order valence-corrected chi connectivity index (χ4v) is 1.97. The summed E-state index contributed by atoms with van der Waals surface area (Å²) in [7, 11) is 1.64. The van der Waals surface area contributed by atoms with Crippen LogP contribution in [0.25, 0.3) is 11.1 Å². The van der Waals surface area contributed by atoms with Crippen molar-refractivity contribution in [2.24, 2.45) is 0 Å². The van der Waals surface area contributed by atoms with Crippen molar-refractivity contribution in [3.05, 3.63) is 48.0 Å². The summed E-state index contributed by atoms with van der Waals surface area (Å²) in [5.74, 6) is 0.746. The second-order valence-electron chi connectivity index (χ2n) is 4.46. The number of carbonyl (C=O) groups is 1. The monoisotopic (exact) mass is 255 g/mol. The van der Waals surface area contributed by atoms with E-state index in [1.54, 1.807) is 7.11 Å². The second kappa shape index (κ2) is 5.57. The third kappa shape index (κ3) is 3.13. The van der Waals surface area contributed by atoms with Gasteiger partial charge in [-0.1, -0.05) is 23.8 Å². The van der Waals surface area contributed by atoms with Crippen LogP contribution in [0.3, 0.4) is 0 Å². The molecule has 0 saturated heterocycles. The van der Waals surface area contributed by atoms with Crippen LogP contribution in [-0.2, 0) is 4.79 Å². The van der Waals surface area contributed by atoms with Gasteiger partial charge in [0.05, 0.1) is 7.11 Å². The first kappa shape index (κ1) is 13.1. The molecule has 0 unspecified atom stereocenters. The van der Waals surface area contributed by atoms with Crippen LogP contribution in [-0.4, -0.2) is 13.0 Å². The number of rotatable bonds is 3. The summed E-state index contributed by atoms with van der Waals surface area (Å²) in [6.45, 7) is 3.54. The molecule has 0 aliphatic rings. The largest absolute Gasteiger partial charge is 0.497 e. The molecule has 1 amide bonds. The van der Waals surface area contributed by atoms with Gasteiger partial charge in [-0.3, -0.25) is 4.79 Å². The lowest BCUT2D eigenvalue weighted by molar-refractivity contribution is -0.114. The van der Waals surface area contributed by atoms with Gasteiger partial charge in [-0.15, -0.1) is 0 Å². The SMILES string of the molecule is COc1ccc(-c2cc(C)ccc2NC(C)=O)cc1. The fourth-order valence-electron chi connectivity index (χ4n) is 1.97. The summed E-state index contributed by atoms with van der Waals surface area (Å²) in [6.07, 6.45) is 0. The molecule has 0 aromatic heterocycles. The molecule has 0 aliphatic heterocycles. The van der Waals surface area contributed by atoms with Crippen molar-refractivity contribution >= 4 is 11.6 Å². The molecule has 2 aromatic carbocycles. The summed E-state index contributed by atoms with van der Waals surface area (Å²) >= 11 is 0. The zero-order chi connectivity index (χ0) is 13.8. The quantitative estimate of drug-likeness (QED) is 0.909. The van der Waals surface area contributed by atoms with E-state index in [0.717, 1.165) is 28.1 Å². The maximum absolute atomic E-state index is 11.3. The lowest BCUT2D eigenvalue weighted by Crippen LogP contribution is -2.07. The molecule has 0 fully saturated rings. The number of benzene rings is 2. The number of hydrogen-bond donors (Lipinski definition) is 1. The molecular formula is C16H17NO2. The van der Waals surface area contributed by atoms with Crippen LogP contribution in [0, 0.1) is 6.92 Å². The molecule has 1 N–H and O–H groups in total. The Hall–Kier alpha value is -2.29. The van der Waals surface area contributed by atoms with Crippen LogP contribution >= 0.6 is 0 Å². The molecule has 0 saturated carbocycles. The Morgan fingerprint density at radius 1 is 1.11 bits per heavy atom. The Morgan fingerprint density at radius 3 is 2.37 bits per heavy atom. The molecule has 0 atom stereocenters. The van der Waals surface area contributed by atoms with E-state index < -0.39 is 0 Å². The predicted molar refractivity (Wildman–Crippen MR) is 77.5 cm³/mol. The van der Waals surface area contributed by atoms with E-state index in [9.17, 15) is 4.79 Å². The van der Waals surface area contributed by atoms with Gasteiger partial charge in [-0.05, 0) is 36.8 Å². The molecule has 3 nitrogen and oxygen atoms in total. The van der Waals surface area contributed by atoms with Gasteiger partial charge in [0.15, 0.2) is 0 Å². The van der Waals surface area contributed by atoms with Crippen LogP contribution in [0.15, 0.2) is 42.5 Å². The van der Waals surface area contributed by atoms with Crippen LogP contribution < -0.4 is 10.1 Å². The molecular weight excluding hydrogens is 238 g/mol. The van der Waals surface area contributed by atoms with Crippen molar-refractivity contribution in [2.75, 3.05) is 12.4 Å². The lowest BCUT2D eigenvalue weighted by Gasteiger charge is -2.11. The van der Waals surface area contributed by atoms with Crippen molar-refractivity contribution in [1.82, 2.24) is 0 Å². The Labute approximate surface area is 113 Å². The topological polar surface area (TPSA) is 38.3 Å². The molecule has 0 heterocycles. The second-order valence-corrected chi connectivity index (χ2v) is 4.46. The fraction of sp³-hybridized carbons (Fsp3) is 0.188. The lowest BCUT2D eigenvalue weighted by atomic mass is 10.0. The summed E-state index contributed by atoms with van der Waals surface area (Å²) in [4.78, 5) is 11.3. The van der Waals surface area contributed by atoms with Crippen molar-refractivity contribution in [1.29, 1.82) is 0 Å². The minimum Gasteiger partial charge on any atom is -0.497 e. The van der Waals surface area contributed by atoms with E-state index in [0.29, 0.717) is 0 Å². The third-order valence-electron chi connectivity index (χ3n) is 2.89. The van der Waals surface area contributed by atoms with E-state index in [2.05, 4.69) is 11.4 Å². The van der Waals surface area contributed by atoms with Crippen molar-refractivity contribution in [3.8, 4) is 16.9 Å². The summed E-state index contributed by atoms with van der Waals surface area (Å²) < 4.78 is 5.15. The van der Waals surface area contributed by atoms with Gasteiger partial charge < -0.3 is 10.1 Å². The van der Waals surface area contributed by atoms with Crippen LogP contribution in [0.2, 0.25) is 0 Å². The van der Waals surface area contributed by atoms with Gasteiger partial charge in [0.2, 0.25) is 5.91 Å². The van der Waals surface area contributed by atoms with E-state index in [4.69, 9.17) is 4.74 Å². The van der Waals surface area contributed by atoms with Gasteiger partial charge in [0.1, 0.15) is 5.75 Å². The molecule has 98 valence electrons. The zero-order valence-corrected chi connectivity index (χ0v) is 11.4. The van der Waals surface area contributed by atoms with Crippen LogP contribution in [0.1, 0.15) is 12.5 Å². The molecule has 2 aromatic rings. The number of carbonyl (C=O) groups excluding carboxylic acids is 1. The average Bonchev–Trinajstić information content (AvgIpc) is 2.40. The Balaban J connectivity index is 2.46. The van der Waals surface area contributed by atoms with Gasteiger partial charge >= 0.3 is 0 Å². The maximum Gasteiger partial charge on any atom is 0.221 e. The molecule has 0 bridgehead atoms. The van der Waals surface area contributed by atoms with Gasteiger partial charge in [-0.2, -0.15) is 0 Å². The number of hydrogen-bond acceptors (Lipinski definition) is 2. The third-order valence-corrected chi connectivity index (χ3v) is 2.89. The normalized spacial score (nSPS) is 10.1. The number of ether oxygens (including phenoxy) is 1. The van der Waals surface area contributed by atoms with Gasteiger partial charge in [0.25, 0.3) is 0 Å². The Bertz CT molecular complexity index is 588. The summed E-state index contributed by atoms with van der Waals surface area (Å²) in [5.41, 5.74) is 4.04. The number of nitrogens with one attached hydrogen (secondary N) is 1. The van der Waals surface area contributed by atoms with Crippen molar-refractivity contribution in [2.45, 2.75) is 13.8 Å². The average molecular weight is 255 g/mol. The van der Waals surface area contributed by atoms with Crippen LogP contribution in [0.4, 0.5) is 5.69 Å². The Morgan fingerprint density at radius 2 is 1.79 bits per heavy atom. The smallest absolute Gasteiger partial charge is 0.221 e. The molecule has 0 aliphatic carbocycles. The molecule has 3 heteroatoms. The minimum atomic E-state index is -0.0707. The van der Waals surface area contributed by atoms with Crippen molar-refractivity contribution in [3.63, 3.8) is 0 Å². The van der Waals surface area contributed by atoms with E-state index in [1.807, 2.05) is 43.3 Å². The molecule has 2 rings (SSSR count). The van der Waals surface area contributed by atoms with E-state index >= 15 is 0 Å². The number of aryl methyl sites for hydroxylation is 1. The number of methoxy groups -OCH3 is 1. The highest BCUT2D eigenvalue weighted by atomic mass is 16.5. The highest BCUT2D eigenvalue weighted by Gasteiger charge is 2.07. The molecule has 0 radical (unpaired) electrons. The van der Waals surface area contributed by atoms with E-state index in [1.165, 1.54) is 6.92 Å². The summed E-state index contributed by atoms with van der Waals surface area (Å²) in [6, 6.07) is 13.8. The zero-order valence-electron chi connectivity index (χ0n) is 11.4. The number of anilines is 1. The first-order valence-corrected chi connectivity index (χ1v) is 6.13. The maximum atomic E-state index is 11.3. The summed E-state index contributed by atoms with van der Waals surface area (Å²) in [5, 5.41) is 2.86. The molecule has 0 spiro atoms. The predicted octanol–water partition coefficient (Wildman–Crippen LogP) is 3.63. The highest BCUT2D eigenvalue weighted by Crippen LogP contribution is 2.30. The standard InChI is InChI=1S/C16H17NO2/c1-11-4-9-16(17-12(2)18)15(10-11)13-5-7-14(19-3)8-6-13/h4-10H,1-3H3,(H,17,18). The minimum absolute atomic E-state index is 0.0707. The number of amides is 1.